The van der Waals surface area contributed by atoms with E-state index in [-0.39, 0.29) is 12.5 Å². The van der Waals surface area contributed by atoms with Gasteiger partial charge in [-0.3, -0.25) is 4.79 Å². The fourth-order valence-electron chi connectivity index (χ4n) is 1.41. The molecule has 2 N–H and O–H groups in total. The lowest BCUT2D eigenvalue weighted by Crippen LogP contribution is -2.30. The van der Waals surface area contributed by atoms with Crippen LogP contribution in [-0.4, -0.2) is 47.7 Å². The molecule has 0 saturated heterocycles. The molecule has 0 radical (unpaired) electrons. The van der Waals surface area contributed by atoms with Gasteiger partial charge in [0.25, 0.3) is 0 Å². The Labute approximate surface area is 113 Å². The highest BCUT2D eigenvalue weighted by Gasteiger charge is 2.06. The largest absolute Gasteiger partial charge is 0.383 e. The lowest BCUT2D eigenvalue weighted by molar-refractivity contribution is -0.122. The number of hydrogen-bond donors (Lipinski definition) is 2. The zero-order chi connectivity index (χ0) is 14.1. The Morgan fingerprint density at radius 3 is 3.00 bits per heavy atom. The molecule has 0 saturated carbocycles. The first-order chi connectivity index (χ1) is 9.11. The molecule has 7 nitrogen and oxygen atoms in total. The number of ether oxygens (including phenoxy) is 1. The van der Waals surface area contributed by atoms with Gasteiger partial charge in [-0.25, -0.2) is 4.68 Å². The maximum Gasteiger partial charge on any atom is 0.241 e. The summed E-state index contributed by atoms with van der Waals surface area (Å²) in [4.78, 5) is 11.6. The monoisotopic (exact) mass is 269 g/mol. The van der Waals surface area contributed by atoms with E-state index in [1.807, 2.05) is 0 Å². The molecule has 0 aliphatic rings. The maximum atomic E-state index is 11.6. The molecule has 0 unspecified atom stereocenters. The Hall–Kier alpha value is -1.47. The summed E-state index contributed by atoms with van der Waals surface area (Å²) < 4.78 is 6.47. The lowest BCUT2D eigenvalue weighted by Gasteiger charge is -2.06. The first-order valence-electron chi connectivity index (χ1n) is 6.47. The number of amides is 1. The maximum absolute atomic E-state index is 11.6. The van der Waals surface area contributed by atoms with Gasteiger partial charge in [0, 0.05) is 26.7 Å². The summed E-state index contributed by atoms with van der Waals surface area (Å²) in [5, 5.41) is 13.9. The van der Waals surface area contributed by atoms with Crippen molar-refractivity contribution in [2.45, 2.75) is 26.9 Å². The second-order valence-electron chi connectivity index (χ2n) is 4.77. The molecule has 0 aromatic carbocycles. The third kappa shape index (κ3) is 6.88. The lowest BCUT2D eigenvalue weighted by atomic mass is 10.2. The second-order valence-corrected chi connectivity index (χ2v) is 4.77. The van der Waals surface area contributed by atoms with Crippen LogP contribution in [0.2, 0.25) is 0 Å². The van der Waals surface area contributed by atoms with Crippen molar-refractivity contribution in [3.05, 3.63) is 11.9 Å². The number of hydrogen-bond acceptors (Lipinski definition) is 5. The minimum absolute atomic E-state index is 0.0440. The van der Waals surface area contributed by atoms with Crippen molar-refractivity contribution in [3.63, 3.8) is 0 Å². The van der Waals surface area contributed by atoms with E-state index in [1.54, 1.807) is 18.0 Å². The molecule has 0 fully saturated rings. The predicted octanol–water partition coefficient (Wildman–Crippen LogP) is -0.214. The predicted molar refractivity (Wildman–Crippen MR) is 71.5 cm³/mol. The Kier molecular flexibility index (Phi) is 7.06. The third-order valence-electron chi connectivity index (χ3n) is 2.39. The standard InChI is InChI=1S/C12H23N5O2/c1-10(2)6-14-12(18)9-17-8-11(15-16-17)7-13-4-5-19-3/h8,10,13H,4-7,9H2,1-3H3,(H,14,18). The van der Waals surface area contributed by atoms with Crippen molar-refractivity contribution in [3.8, 4) is 0 Å². The summed E-state index contributed by atoms with van der Waals surface area (Å²) in [6.45, 7) is 7.04. The first kappa shape index (κ1) is 15.6. The highest BCUT2D eigenvalue weighted by atomic mass is 16.5. The molecule has 19 heavy (non-hydrogen) atoms. The van der Waals surface area contributed by atoms with Gasteiger partial charge in [-0.15, -0.1) is 5.10 Å². The van der Waals surface area contributed by atoms with Crippen LogP contribution in [0.1, 0.15) is 19.5 Å². The van der Waals surface area contributed by atoms with Crippen molar-refractivity contribution in [1.29, 1.82) is 0 Å². The molecule has 0 bridgehead atoms. The normalized spacial score (nSPS) is 10.9. The summed E-state index contributed by atoms with van der Waals surface area (Å²) in [7, 11) is 1.66. The Morgan fingerprint density at radius 2 is 2.32 bits per heavy atom. The van der Waals surface area contributed by atoms with Crippen LogP contribution in [0.3, 0.4) is 0 Å². The van der Waals surface area contributed by atoms with Crippen molar-refractivity contribution in [2.24, 2.45) is 5.92 Å². The van der Waals surface area contributed by atoms with Crippen LogP contribution in [0.25, 0.3) is 0 Å². The number of carbonyl (C=O) groups excluding carboxylic acids is 1. The van der Waals surface area contributed by atoms with Crippen LogP contribution in [0.4, 0.5) is 0 Å². The quantitative estimate of drug-likeness (QED) is 0.606. The van der Waals surface area contributed by atoms with E-state index in [0.29, 0.717) is 25.6 Å². The zero-order valence-corrected chi connectivity index (χ0v) is 11.8. The van der Waals surface area contributed by atoms with E-state index in [4.69, 9.17) is 4.74 Å². The van der Waals surface area contributed by atoms with Gasteiger partial charge in [0.1, 0.15) is 6.54 Å². The van der Waals surface area contributed by atoms with E-state index in [0.717, 1.165) is 12.2 Å². The average Bonchev–Trinajstić information content (AvgIpc) is 2.80. The number of methoxy groups -OCH3 is 1. The highest BCUT2D eigenvalue weighted by Crippen LogP contribution is 1.93. The van der Waals surface area contributed by atoms with Crippen LogP contribution >= 0.6 is 0 Å². The van der Waals surface area contributed by atoms with Gasteiger partial charge in [-0.2, -0.15) is 0 Å². The van der Waals surface area contributed by atoms with E-state index < -0.39 is 0 Å². The van der Waals surface area contributed by atoms with Crippen LogP contribution in [0.15, 0.2) is 6.20 Å². The Balaban J connectivity index is 2.27. The van der Waals surface area contributed by atoms with Crippen LogP contribution in [0, 0.1) is 5.92 Å². The minimum atomic E-state index is -0.0440. The van der Waals surface area contributed by atoms with E-state index in [1.165, 1.54) is 0 Å². The number of aromatic nitrogens is 3. The van der Waals surface area contributed by atoms with Gasteiger partial charge in [0.15, 0.2) is 0 Å². The zero-order valence-electron chi connectivity index (χ0n) is 11.8. The van der Waals surface area contributed by atoms with E-state index in [9.17, 15) is 4.79 Å². The molecule has 1 aromatic rings. The topological polar surface area (TPSA) is 81.1 Å². The molecule has 1 rings (SSSR count). The second kappa shape index (κ2) is 8.60. The van der Waals surface area contributed by atoms with Crippen molar-refractivity contribution >= 4 is 5.91 Å². The Morgan fingerprint density at radius 1 is 1.53 bits per heavy atom. The summed E-state index contributed by atoms with van der Waals surface area (Å²) in [5.41, 5.74) is 0.813. The molecule has 1 amide bonds. The smallest absolute Gasteiger partial charge is 0.241 e. The third-order valence-corrected chi connectivity index (χ3v) is 2.39. The van der Waals surface area contributed by atoms with E-state index >= 15 is 0 Å². The fourth-order valence-corrected chi connectivity index (χ4v) is 1.41. The van der Waals surface area contributed by atoms with Crippen molar-refractivity contribution in [2.75, 3.05) is 26.8 Å². The van der Waals surface area contributed by atoms with Gasteiger partial charge < -0.3 is 15.4 Å². The molecule has 7 heteroatoms. The molecular weight excluding hydrogens is 246 g/mol. The summed E-state index contributed by atoms with van der Waals surface area (Å²) >= 11 is 0. The van der Waals surface area contributed by atoms with Gasteiger partial charge in [-0.05, 0) is 5.92 Å². The van der Waals surface area contributed by atoms with Crippen LogP contribution < -0.4 is 10.6 Å². The van der Waals surface area contributed by atoms with Crippen molar-refractivity contribution < 1.29 is 9.53 Å². The summed E-state index contributed by atoms with van der Waals surface area (Å²) in [6, 6.07) is 0. The van der Waals surface area contributed by atoms with Gasteiger partial charge in [-0.1, -0.05) is 19.1 Å². The molecular formula is C12H23N5O2. The van der Waals surface area contributed by atoms with Gasteiger partial charge in [0.05, 0.1) is 18.5 Å². The molecule has 0 aliphatic carbocycles. The average molecular weight is 269 g/mol. The number of nitrogens with zero attached hydrogens (tertiary/aromatic N) is 3. The molecule has 1 aromatic heterocycles. The number of carbonyl (C=O) groups is 1. The van der Waals surface area contributed by atoms with E-state index in [2.05, 4.69) is 34.8 Å². The fraction of sp³-hybridized carbons (Fsp3) is 0.750. The number of rotatable bonds is 9. The molecule has 0 atom stereocenters. The molecule has 0 aliphatic heterocycles. The SMILES string of the molecule is COCCNCc1cn(CC(=O)NCC(C)C)nn1. The van der Waals surface area contributed by atoms with Crippen LogP contribution in [0.5, 0.6) is 0 Å². The molecule has 108 valence electrons. The highest BCUT2D eigenvalue weighted by molar-refractivity contribution is 5.75. The van der Waals surface area contributed by atoms with Gasteiger partial charge >= 0.3 is 0 Å². The Bertz CT molecular complexity index is 378. The van der Waals surface area contributed by atoms with Crippen LogP contribution in [-0.2, 0) is 22.6 Å². The minimum Gasteiger partial charge on any atom is -0.383 e. The van der Waals surface area contributed by atoms with Crippen molar-refractivity contribution in [1.82, 2.24) is 25.6 Å². The summed E-state index contributed by atoms with van der Waals surface area (Å²) in [6.07, 6.45) is 1.77. The summed E-state index contributed by atoms with van der Waals surface area (Å²) in [5.74, 6) is 0.401. The molecule has 0 spiro atoms. The first-order valence-corrected chi connectivity index (χ1v) is 6.47. The number of nitrogens with one attached hydrogen (secondary N) is 2. The molecule has 1 heterocycles. The van der Waals surface area contributed by atoms with Gasteiger partial charge in [0.2, 0.25) is 5.91 Å².